The molecule has 2 amide bonds. The molecule has 1 fully saturated rings. The van der Waals surface area contributed by atoms with Gasteiger partial charge in [-0.1, -0.05) is 6.92 Å². The molecule has 0 saturated carbocycles. The van der Waals surface area contributed by atoms with Crippen molar-refractivity contribution >= 4 is 27.8 Å². The Hall–Kier alpha value is -2.27. The number of amides is 2. The van der Waals surface area contributed by atoms with Crippen molar-refractivity contribution in [2.75, 3.05) is 6.54 Å². The number of aromatic nitrogens is 2. The summed E-state index contributed by atoms with van der Waals surface area (Å²) >= 11 is 0. The normalized spacial score (nSPS) is 20.3. The van der Waals surface area contributed by atoms with Crippen LogP contribution in [-0.4, -0.2) is 58.4 Å². The smallest absolute Gasteiger partial charge is 0.340 e. The molecule has 1 unspecified atom stereocenters. The first-order valence-corrected chi connectivity index (χ1v) is 7.35. The van der Waals surface area contributed by atoms with Crippen LogP contribution >= 0.6 is 0 Å². The summed E-state index contributed by atoms with van der Waals surface area (Å²) in [7, 11) is -4.37. The van der Waals surface area contributed by atoms with Crippen LogP contribution in [-0.2, 0) is 19.6 Å². The molecule has 0 radical (unpaired) electrons. The number of hydrogen-bond acceptors (Lipinski definition) is 6. The number of hydrogen-bond donors (Lipinski definition) is 3. The molecular weight excluding hydrogens is 304 g/mol. The first kappa shape index (κ1) is 15.1. The molecule has 1 aromatic rings. The number of H-pyrrole nitrogens is 1. The van der Waals surface area contributed by atoms with Crippen LogP contribution in [0.5, 0.6) is 0 Å². The molecular formula is C10H12N4O6S. The molecule has 1 aliphatic heterocycles. The van der Waals surface area contributed by atoms with Crippen molar-refractivity contribution in [2.45, 2.75) is 24.4 Å². The molecule has 10 nitrogen and oxygen atoms in total. The van der Waals surface area contributed by atoms with Gasteiger partial charge in [-0.05, 0) is 6.42 Å². The van der Waals surface area contributed by atoms with Crippen molar-refractivity contribution in [3.05, 3.63) is 11.8 Å². The van der Waals surface area contributed by atoms with Gasteiger partial charge >= 0.3 is 5.97 Å². The minimum Gasteiger partial charge on any atom is -0.478 e. The summed E-state index contributed by atoms with van der Waals surface area (Å²) in [5.41, 5.74) is -0.553. The summed E-state index contributed by atoms with van der Waals surface area (Å²) in [6.07, 6.45) is 0.983. The van der Waals surface area contributed by atoms with E-state index in [1.54, 1.807) is 6.92 Å². The number of aromatic amines is 1. The van der Waals surface area contributed by atoms with Gasteiger partial charge in [0, 0.05) is 0 Å². The molecule has 21 heavy (non-hydrogen) atoms. The lowest BCUT2D eigenvalue weighted by atomic mass is 10.2. The Kier molecular flexibility index (Phi) is 3.78. The largest absolute Gasteiger partial charge is 0.478 e. The molecule has 11 heteroatoms. The molecule has 1 aromatic heterocycles. The first-order chi connectivity index (χ1) is 9.78. The van der Waals surface area contributed by atoms with E-state index in [4.69, 9.17) is 5.11 Å². The van der Waals surface area contributed by atoms with Gasteiger partial charge < -0.3 is 5.11 Å². The van der Waals surface area contributed by atoms with Gasteiger partial charge in [0.25, 0.3) is 10.0 Å². The maximum atomic E-state index is 12.5. The highest BCUT2D eigenvalue weighted by molar-refractivity contribution is 7.89. The molecule has 114 valence electrons. The monoisotopic (exact) mass is 316 g/mol. The SMILES string of the molecule is CCC1C(=O)NC(=O)CN1S(=O)(=O)c1[nH]ncc1C(=O)O. The zero-order valence-electron chi connectivity index (χ0n) is 10.9. The maximum absolute atomic E-state index is 12.5. The van der Waals surface area contributed by atoms with Gasteiger partial charge in [0.1, 0.15) is 11.6 Å². The second-order valence-corrected chi connectivity index (χ2v) is 6.13. The average molecular weight is 316 g/mol. The second kappa shape index (κ2) is 5.26. The Morgan fingerprint density at radius 1 is 1.52 bits per heavy atom. The Morgan fingerprint density at radius 2 is 2.19 bits per heavy atom. The Labute approximate surface area is 119 Å². The van der Waals surface area contributed by atoms with Crippen LogP contribution in [0, 0.1) is 0 Å². The van der Waals surface area contributed by atoms with Crippen molar-refractivity contribution < 1.29 is 27.9 Å². The van der Waals surface area contributed by atoms with Crippen molar-refractivity contribution in [2.24, 2.45) is 0 Å². The summed E-state index contributed by atoms with van der Waals surface area (Å²) in [5, 5.41) is 15.8. The van der Waals surface area contributed by atoms with Crippen LogP contribution in [0.1, 0.15) is 23.7 Å². The van der Waals surface area contributed by atoms with Crippen molar-refractivity contribution in [1.29, 1.82) is 0 Å². The Bertz CT molecular complexity index is 709. The number of nitrogens with zero attached hydrogens (tertiary/aromatic N) is 2. The fourth-order valence-corrected chi connectivity index (χ4v) is 3.71. The average Bonchev–Trinajstić information content (AvgIpc) is 2.87. The number of carboxylic acid groups (broad SMARTS) is 1. The van der Waals surface area contributed by atoms with Gasteiger partial charge in [0.15, 0.2) is 5.03 Å². The highest BCUT2D eigenvalue weighted by Gasteiger charge is 2.42. The number of sulfonamides is 1. The minimum atomic E-state index is -4.37. The van der Waals surface area contributed by atoms with Gasteiger partial charge in [0.2, 0.25) is 11.8 Å². The summed E-state index contributed by atoms with van der Waals surface area (Å²) in [6, 6.07) is -1.09. The number of nitrogens with one attached hydrogen (secondary N) is 2. The van der Waals surface area contributed by atoms with Crippen LogP contribution in [0.4, 0.5) is 0 Å². The highest BCUT2D eigenvalue weighted by atomic mass is 32.2. The fourth-order valence-electron chi connectivity index (χ4n) is 2.02. The number of rotatable bonds is 4. The molecule has 0 spiro atoms. The van der Waals surface area contributed by atoms with Crippen molar-refractivity contribution in [3.63, 3.8) is 0 Å². The topological polar surface area (TPSA) is 150 Å². The van der Waals surface area contributed by atoms with E-state index in [2.05, 4.69) is 10.2 Å². The van der Waals surface area contributed by atoms with E-state index in [0.29, 0.717) is 4.31 Å². The molecule has 2 rings (SSSR count). The van der Waals surface area contributed by atoms with Gasteiger partial charge in [0.05, 0.1) is 12.7 Å². The third-order valence-electron chi connectivity index (χ3n) is 3.00. The molecule has 1 aliphatic rings. The van der Waals surface area contributed by atoms with Crippen LogP contribution < -0.4 is 5.32 Å². The molecule has 1 saturated heterocycles. The molecule has 1 atom stereocenters. The van der Waals surface area contributed by atoms with E-state index in [0.717, 1.165) is 6.20 Å². The second-order valence-electron chi connectivity index (χ2n) is 4.30. The minimum absolute atomic E-state index is 0.134. The van der Waals surface area contributed by atoms with E-state index in [-0.39, 0.29) is 6.42 Å². The van der Waals surface area contributed by atoms with Gasteiger partial charge in [-0.25, -0.2) is 13.2 Å². The quantitative estimate of drug-likeness (QED) is 0.574. The lowest BCUT2D eigenvalue weighted by Crippen LogP contribution is -2.59. The van der Waals surface area contributed by atoms with Crippen molar-refractivity contribution in [1.82, 2.24) is 19.8 Å². The van der Waals surface area contributed by atoms with E-state index < -0.39 is 51.0 Å². The van der Waals surface area contributed by atoms with Crippen LogP contribution in [0.15, 0.2) is 11.2 Å². The van der Waals surface area contributed by atoms with Crippen LogP contribution in [0.3, 0.4) is 0 Å². The van der Waals surface area contributed by atoms with E-state index in [1.807, 2.05) is 5.32 Å². The zero-order valence-corrected chi connectivity index (χ0v) is 11.7. The number of carbonyl (C=O) groups is 3. The predicted molar refractivity (Wildman–Crippen MR) is 66.7 cm³/mol. The van der Waals surface area contributed by atoms with E-state index in [1.165, 1.54) is 0 Å². The van der Waals surface area contributed by atoms with E-state index in [9.17, 15) is 22.8 Å². The van der Waals surface area contributed by atoms with Crippen LogP contribution in [0.25, 0.3) is 0 Å². The summed E-state index contributed by atoms with van der Waals surface area (Å²) in [6.45, 7) is 1.01. The Balaban J connectivity index is 2.51. The predicted octanol–water partition coefficient (Wildman–Crippen LogP) is -1.47. The van der Waals surface area contributed by atoms with Gasteiger partial charge in [-0.15, -0.1) is 0 Å². The third-order valence-corrected chi connectivity index (χ3v) is 4.83. The first-order valence-electron chi connectivity index (χ1n) is 5.91. The molecule has 0 aliphatic carbocycles. The third kappa shape index (κ3) is 2.52. The van der Waals surface area contributed by atoms with Crippen molar-refractivity contribution in [3.8, 4) is 0 Å². The number of carboxylic acids is 1. The van der Waals surface area contributed by atoms with Gasteiger partial charge in [-0.3, -0.25) is 20.0 Å². The van der Waals surface area contributed by atoms with E-state index >= 15 is 0 Å². The standard InChI is InChI=1S/C10H12N4O6S/c1-2-6-8(16)12-7(15)4-14(6)21(19,20)9-5(10(17)18)3-11-13-9/h3,6H,2,4H2,1H3,(H,11,13)(H,17,18)(H,12,15,16). The summed E-state index contributed by atoms with van der Waals surface area (Å²) in [4.78, 5) is 34.1. The van der Waals surface area contributed by atoms with Gasteiger partial charge in [-0.2, -0.15) is 9.40 Å². The number of imide groups is 1. The molecule has 3 N–H and O–H groups in total. The lowest BCUT2D eigenvalue weighted by molar-refractivity contribution is -0.137. The van der Waals surface area contributed by atoms with Crippen LogP contribution in [0.2, 0.25) is 0 Å². The zero-order chi connectivity index (χ0) is 15.8. The fraction of sp³-hybridized carbons (Fsp3) is 0.400. The molecule has 0 aromatic carbocycles. The molecule has 0 bridgehead atoms. The highest BCUT2D eigenvalue weighted by Crippen LogP contribution is 2.22. The number of carbonyl (C=O) groups excluding carboxylic acids is 2. The Morgan fingerprint density at radius 3 is 2.76 bits per heavy atom. The lowest BCUT2D eigenvalue weighted by Gasteiger charge is -2.31. The summed E-state index contributed by atoms with van der Waals surface area (Å²) in [5.74, 6) is -3.00. The molecule has 2 heterocycles. The maximum Gasteiger partial charge on any atom is 0.340 e. The number of aromatic carboxylic acids is 1. The number of piperazine rings is 1. The summed E-state index contributed by atoms with van der Waals surface area (Å²) < 4.78 is 25.7.